The van der Waals surface area contributed by atoms with Gasteiger partial charge >= 0.3 is 0 Å². The Morgan fingerprint density at radius 2 is 1.41 bits per heavy atom. The van der Waals surface area contributed by atoms with Gasteiger partial charge in [-0.2, -0.15) is 0 Å². The van der Waals surface area contributed by atoms with Gasteiger partial charge in [0.05, 0.1) is 11.4 Å². The van der Waals surface area contributed by atoms with E-state index in [0.29, 0.717) is 5.56 Å². The molecule has 0 aliphatic carbocycles. The van der Waals surface area contributed by atoms with E-state index in [0.717, 1.165) is 35.9 Å². The first-order valence-electron chi connectivity index (χ1n) is 10.8. The van der Waals surface area contributed by atoms with E-state index in [9.17, 15) is 4.79 Å². The second-order valence-corrected chi connectivity index (χ2v) is 7.95. The highest BCUT2D eigenvalue weighted by Crippen LogP contribution is 2.23. The number of nitrogens with one attached hydrogen (secondary N) is 1. The molecule has 0 atom stereocenters. The summed E-state index contributed by atoms with van der Waals surface area (Å²) in [5.74, 6) is 0.750. The summed E-state index contributed by atoms with van der Waals surface area (Å²) in [4.78, 5) is 19.8. The monoisotopic (exact) mass is 421 g/mol. The van der Waals surface area contributed by atoms with Crippen LogP contribution in [0, 0.1) is 13.8 Å². The Bertz CT molecular complexity index is 1150. The summed E-state index contributed by atoms with van der Waals surface area (Å²) in [7, 11) is 0. The van der Waals surface area contributed by atoms with Crippen LogP contribution in [0.4, 0.5) is 11.5 Å². The number of hydrogen-bond acceptors (Lipinski definition) is 3. The maximum Gasteiger partial charge on any atom is 0.255 e. The van der Waals surface area contributed by atoms with Crippen molar-refractivity contribution in [3.8, 4) is 0 Å². The molecule has 4 heteroatoms. The first kappa shape index (κ1) is 21.3. The number of rotatable bonds is 7. The molecule has 4 nitrogen and oxygen atoms in total. The Kier molecular flexibility index (Phi) is 6.61. The molecule has 0 fully saturated rings. The molecule has 4 rings (SSSR count). The van der Waals surface area contributed by atoms with Crippen molar-refractivity contribution in [3.05, 3.63) is 125 Å². The first-order valence-corrected chi connectivity index (χ1v) is 10.8. The summed E-state index contributed by atoms with van der Waals surface area (Å²) < 4.78 is 0. The zero-order valence-electron chi connectivity index (χ0n) is 18.5. The van der Waals surface area contributed by atoms with Gasteiger partial charge < -0.3 is 10.2 Å². The Labute approximate surface area is 189 Å². The van der Waals surface area contributed by atoms with Gasteiger partial charge in [0.1, 0.15) is 5.82 Å². The molecule has 32 heavy (non-hydrogen) atoms. The van der Waals surface area contributed by atoms with E-state index in [2.05, 4.69) is 58.7 Å². The van der Waals surface area contributed by atoms with E-state index in [1.54, 1.807) is 0 Å². The van der Waals surface area contributed by atoms with Gasteiger partial charge in [-0.15, -0.1) is 0 Å². The molecule has 1 N–H and O–H groups in total. The van der Waals surface area contributed by atoms with Crippen molar-refractivity contribution >= 4 is 17.4 Å². The Hall–Kier alpha value is -3.92. The number of aryl methyl sites for hydroxylation is 2. The molecular formula is C28H27N3O. The highest BCUT2D eigenvalue weighted by atomic mass is 16.1. The molecule has 0 aliphatic heterocycles. The van der Waals surface area contributed by atoms with Crippen LogP contribution in [0.3, 0.4) is 0 Å². The van der Waals surface area contributed by atoms with Crippen LogP contribution in [0.15, 0.2) is 97.1 Å². The largest absolute Gasteiger partial charge is 0.348 e. The number of anilines is 2. The molecule has 0 saturated carbocycles. The Balaban J connectivity index is 1.57. The summed E-state index contributed by atoms with van der Waals surface area (Å²) in [6, 6.07) is 32.3. The number of benzene rings is 3. The molecule has 1 aromatic heterocycles. The lowest BCUT2D eigenvalue weighted by molar-refractivity contribution is 0.102. The molecule has 160 valence electrons. The predicted molar refractivity (Wildman–Crippen MR) is 131 cm³/mol. The zero-order valence-corrected chi connectivity index (χ0v) is 18.5. The minimum Gasteiger partial charge on any atom is -0.348 e. The molecule has 3 aromatic carbocycles. The van der Waals surface area contributed by atoms with E-state index >= 15 is 0 Å². The quantitative estimate of drug-likeness (QED) is 0.389. The summed E-state index contributed by atoms with van der Waals surface area (Å²) in [5.41, 5.74) is 5.65. The summed E-state index contributed by atoms with van der Waals surface area (Å²) in [5, 5.41) is 3.00. The van der Waals surface area contributed by atoms with Gasteiger partial charge in [0, 0.05) is 18.7 Å². The van der Waals surface area contributed by atoms with Gasteiger partial charge in [0.2, 0.25) is 0 Å². The van der Waals surface area contributed by atoms with E-state index in [1.165, 1.54) is 11.1 Å². The van der Waals surface area contributed by atoms with E-state index < -0.39 is 0 Å². The first-order chi connectivity index (χ1) is 15.6. The number of aromatic nitrogens is 1. The van der Waals surface area contributed by atoms with E-state index in [1.807, 2.05) is 62.4 Å². The van der Waals surface area contributed by atoms with Crippen LogP contribution >= 0.6 is 0 Å². The molecule has 1 heterocycles. The Morgan fingerprint density at radius 1 is 0.781 bits per heavy atom. The third-order valence-corrected chi connectivity index (χ3v) is 5.36. The van der Waals surface area contributed by atoms with Crippen LogP contribution in [0.2, 0.25) is 0 Å². The third kappa shape index (κ3) is 5.41. The summed E-state index contributed by atoms with van der Waals surface area (Å²) >= 11 is 0. The Morgan fingerprint density at radius 3 is 1.97 bits per heavy atom. The third-order valence-electron chi connectivity index (χ3n) is 5.36. The van der Waals surface area contributed by atoms with Crippen LogP contribution in [-0.4, -0.2) is 10.9 Å². The molecule has 0 radical (unpaired) electrons. The number of carbonyl (C=O) groups excluding carboxylic acids is 1. The van der Waals surface area contributed by atoms with Gasteiger partial charge in [-0.3, -0.25) is 4.79 Å². The average molecular weight is 422 g/mol. The second kappa shape index (κ2) is 9.92. The lowest BCUT2D eigenvalue weighted by Crippen LogP contribution is -2.23. The normalized spacial score (nSPS) is 10.6. The number of hydrogen-bond donors (Lipinski definition) is 1. The zero-order chi connectivity index (χ0) is 22.3. The van der Waals surface area contributed by atoms with Crippen LogP contribution < -0.4 is 10.2 Å². The standard InChI is InChI=1S/C28H27N3O/c1-21-10-9-15-25(18-21)28(32)30-26-16-17-27(29-22(26)2)31(19-23-11-5-3-6-12-23)20-24-13-7-4-8-14-24/h3-18H,19-20H2,1-2H3,(H,30,32). The molecule has 1 amide bonds. The van der Waals surface area contributed by atoms with Crippen molar-refractivity contribution in [2.75, 3.05) is 10.2 Å². The molecule has 0 aliphatic rings. The topological polar surface area (TPSA) is 45.2 Å². The fraction of sp³-hybridized carbons (Fsp3) is 0.143. The molecule has 0 saturated heterocycles. The maximum atomic E-state index is 12.7. The van der Waals surface area contributed by atoms with E-state index in [4.69, 9.17) is 4.98 Å². The van der Waals surface area contributed by atoms with Crippen molar-refractivity contribution in [3.63, 3.8) is 0 Å². The van der Waals surface area contributed by atoms with Gasteiger partial charge in [0.15, 0.2) is 0 Å². The fourth-order valence-electron chi connectivity index (χ4n) is 3.66. The van der Waals surface area contributed by atoms with Crippen LogP contribution in [0.25, 0.3) is 0 Å². The van der Waals surface area contributed by atoms with Gasteiger partial charge in [0.25, 0.3) is 5.91 Å². The molecule has 0 spiro atoms. The van der Waals surface area contributed by atoms with Crippen molar-refractivity contribution in [2.45, 2.75) is 26.9 Å². The van der Waals surface area contributed by atoms with Crippen molar-refractivity contribution < 1.29 is 4.79 Å². The van der Waals surface area contributed by atoms with Crippen molar-refractivity contribution in [1.29, 1.82) is 0 Å². The second-order valence-electron chi connectivity index (χ2n) is 7.95. The lowest BCUT2D eigenvalue weighted by atomic mass is 10.1. The van der Waals surface area contributed by atoms with Crippen LogP contribution in [0.5, 0.6) is 0 Å². The SMILES string of the molecule is Cc1cccc(C(=O)Nc2ccc(N(Cc3ccccc3)Cc3ccccc3)nc2C)c1. The maximum absolute atomic E-state index is 12.7. The van der Waals surface area contributed by atoms with Crippen LogP contribution in [0.1, 0.15) is 32.7 Å². The minimum absolute atomic E-state index is 0.128. The smallest absolute Gasteiger partial charge is 0.255 e. The van der Waals surface area contributed by atoms with Gasteiger partial charge in [-0.25, -0.2) is 4.98 Å². The molecule has 0 unspecified atom stereocenters. The molecule has 0 bridgehead atoms. The summed E-state index contributed by atoms with van der Waals surface area (Å²) in [6.07, 6.45) is 0. The number of pyridine rings is 1. The van der Waals surface area contributed by atoms with Gasteiger partial charge in [-0.1, -0.05) is 78.4 Å². The highest BCUT2D eigenvalue weighted by Gasteiger charge is 2.14. The fourth-order valence-corrected chi connectivity index (χ4v) is 3.66. The minimum atomic E-state index is -0.128. The highest BCUT2D eigenvalue weighted by molar-refractivity contribution is 6.04. The molecular weight excluding hydrogens is 394 g/mol. The van der Waals surface area contributed by atoms with Gasteiger partial charge in [-0.05, 0) is 49.2 Å². The summed E-state index contributed by atoms with van der Waals surface area (Å²) in [6.45, 7) is 5.40. The predicted octanol–water partition coefficient (Wildman–Crippen LogP) is 6.16. The lowest BCUT2D eigenvalue weighted by Gasteiger charge is -2.25. The number of amides is 1. The average Bonchev–Trinajstić information content (AvgIpc) is 2.81. The number of carbonyl (C=O) groups is 1. The van der Waals surface area contributed by atoms with Crippen molar-refractivity contribution in [2.24, 2.45) is 0 Å². The van der Waals surface area contributed by atoms with Crippen molar-refractivity contribution in [1.82, 2.24) is 4.98 Å². The molecule has 4 aromatic rings. The number of nitrogens with zero attached hydrogens (tertiary/aromatic N) is 2. The van der Waals surface area contributed by atoms with Crippen LogP contribution in [-0.2, 0) is 13.1 Å². The van der Waals surface area contributed by atoms with E-state index in [-0.39, 0.29) is 5.91 Å².